The summed E-state index contributed by atoms with van der Waals surface area (Å²) in [5.74, 6) is -0.0797. The van der Waals surface area contributed by atoms with Crippen molar-refractivity contribution in [2.75, 3.05) is 0 Å². The number of amides is 1. The lowest BCUT2D eigenvalue weighted by molar-refractivity contribution is 0.0940. The molecule has 0 saturated heterocycles. The molecule has 4 heteroatoms. The minimum atomic E-state index is -0.0797. The number of hydrogen-bond donors (Lipinski definition) is 1. The molecular weight excluding hydrogens is 373 g/mol. The first-order valence-electron chi connectivity index (χ1n) is 5.88. The third-order valence-corrected chi connectivity index (χ3v) is 3.76. The average molecular weight is 386 g/mol. The number of hydrogen-bond acceptors (Lipinski definition) is 1. The second kappa shape index (κ2) is 6.39. The molecular formula is C15H13ClINO. The lowest BCUT2D eigenvalue weighted by atomic mass is 10.1. The highest BCUT2D eigenvalue weighted by Gasteiger charge is 2.11. The number of carbonyl (C=O) groups is 1. The summed E-state index contributed by atoms with van der Waals surface area (Å²) in [7, 11) is 0. The van der Waals surface area contributed by atoms with Crippen molar-refractivity contribution in [1.82, 2.24) is 5.32 Å². The molecule has 0 aromatic heterocycles. The van der Waals surface area contributed by atoms with Gasteiger partial charge in [-0.1, -0.05) is 23.7 Å². The van der Waals surface area contributed by atoms with Gasteiger partial charge in [0.15, 0.2) is 0 Å². The SMILES string of the molecule is C[C@H](NC(=O)c1ccc(I)cc1)c1cccc(Cl)c1. The van der Waals surface area contributed by atoms with Crippen LogP contribution in [0.25, 0.3) is 0 Å². The molecule has 2 aromatic rings. The van der Waals surface area contributed by atoms with Crippen LogP contribution in [0.2, 0.25) is 5.02 Å². The van der Waals surface area contributed by atoms with Gasteiger partial charge in [-0.3, -0.25) is 4.79 Å². The number of carbonyl (C=O) groups excluding carboxylic acids is 1. The summed E-state index contributed by atoms with van der Waals surface area (Å²) in [5.41, 5.74) is 1.65. The van der Waals surface area contributed by atoms with Gasteiger partial charge in [0.1, 0.15) is 0 Å². The third-order valence-electron chi connectivity index (χ3n) is 2.80. The van der Waals surface area contributed by atoms with Gasteiger partial charge in [-0.15, -0.1) is 0 Å². The predicted octanol–water partition coefficient (Wildman–Crippen LogP) is 4.44. The van der Waals surface area contributed by atoms with Crippen LogP contribution < -0.4 is 5.32 Å². The van der Waals surface area contributed by atoms with Gasteiger partial charge in [-0.25, -0.2) is 0 Å². The van der Waals surface area contributed by atoms with Crippen LogP contribution in [0.4, 0.5) is 0 Å². The first-order chi connectivity index (χ1) is 9.06. The molecule has 1 N–H and O–H groups in total. The third kappa shape index (κ3) is 3.94. The van der Waals surface area contributed by atoms with Crippen molar-refractivity contribution in [2.45, 2.75) is 13.0 Å². The Kier molecular flexibility index (Phi) is 4.82. The topological polar surface area (TPSA) is 29.1 Å². The Morgan fingerprint density at radius 3 is 2.53 bits per heavy atom. The van der Waals surface area contributed by atoms with Gasteiger partial charge in [-0.2, -0.15) is 0 Å². The van der Waals surface area contributed by atoms with Gasteiger partial charge in [0.25, 0.3) is 5.91 Å². The maximum Gasteiger partial charge on any atom is 0.251 e. The van der Waals surface area contributed by atoms with Crippen LogP contribution in [0.15, 0.2) is 48.5 Å². The molecule has 0 bridgehead atoms. The minimum absolute atomic E-state index is 0.0783. The zero-order valence-electron chi connectivity index (χ0n) is 10.4. The van der Waals surface area contributed by atoms with Crippen LogP contribution in [0.1, 0.15) is 28.9 Å². The normalized spacial score (nSPS) is 11.9. The molecule has 1 amide bonds. The van der Waals surface area contributed by atoms with Gasteiger partial charge in [0.2, 0.25) is 0 Å². The molecule has 0 fully saturated rings. The Hall–Kier alpha value is -1.07. The molecule has 0 heterocycles. The maximum atomic E-state index is 12.1. The van der Waals surface area contributed by atoms with Crippen molar-refractivity contribution >= 4 is 40.1 Å². The van der Waals surface area contributed by atoms with Crippen LogP contribution >= 0.6 is 34.2 Å². The molecule has 0 aliphatic rings. The van der Waals surface area contributed by atoms with E-state index in [1.54, 1.807) is 0 Å². The van der Waals surface area contributed by atoms with Crippen molar-refractivity contribution < 1.29 is 4.79 Å². The first kappa shape index (κ1) is 14.3. The summed E-state index contributed by atoms with van der Waals surface area (Å²) in [4.78, 5) is 12.1. The number of benzene rings is 2. The summed E-state index contributed by atoms with van der Waals surface area (Å²) in [6.07, 6.45) is 0. The zero-order chi connectivity index (χ0) is 13.8. The van der Waals surface area contributed by atoms with Crippen LogP contribution in [-0.4, -0.2) is 5.91 Å². The summed E-state index contributed by atoms with van der Waals surface area (Å²) < 4.78 is 1.11. The standard InChI is InChI=1S/C15H13ClINO/c1-10(12-3-2-4-13(16)9-12)18-15(19)11-5-7-14(17)8-6-11/h2-10H,1H3,(H,18,19)/t10-/m0/s1. The van der Waals surface area contributed by atoms with Crippen LogP contribution in [-0.2, 0) is 0 Å². The molecule has 0 unspecified atom stereocenters. The van der Waals surface area contributed by atoms with E-state index in [4.69, 9.17) is 11.6 Å². The molecule has 0 spiro atoms. The molecule has 19 heavy (non-hydrogen) atoms. The largest absolute Gasteiger partial charge is 0.346 e. The maximum absolute atomic E-state index is 12.1. The average Bonchev–Trinajstić information content (AvgIpc) is 2.39. The van der Waals surface area contributed by atoms with E-state index in [0.717, 1.165) is 9.13 Å². The highest BCUT2D eigenvalue weighted by atomic mass is 127. The number of halogens is 2. The molecule has 0 aliphatic heterocycles. The van der Waals surface area contributed by atoms with E-state index in [0.29, 0.717) is 10.6 Å². The Morgan fingerprint density at radius 1 is 1.21 bits per heavy atom. The lowest BCUT2D eigenvalue weighted by Crippen LogP contribution is -2.26. The second-order valence-electron chi connectivity index (χ2n) is 4.26. The molecule has 2 rings (SSSR count). The lowest BCUT2D eigenvalue weighted by Gasteiger charge is -2.14. The van der Waals surface area contributed by atoms with Gasteiger partial charge in [0, 0.05) is 14.2 Å². The molecule has 0 aliphatic carbocycles. The van der Waals surface area contributed by atoms with Gasteiger partial charge in [-0.05, 0) is 71.5 Å². The Morgan fingerprint density at radius 2 is 1.89 bits per heavy atom. The van der Waals surface area contributed by atoms with E-state index >= 15 is 0 Å². The summed E-state index contributed by atoms with van der Waals surface area (Å²) in [6, 6.07) is 14.9. The van der Waals surface area contributed by atoms with Crippen molar-refractivity contribution in [3.63, 3.8) is 0 Å². The van der Waals surface area contributed by atoms with Crippen molar-refractivity contribution in [1.29, 1.82) is 0 Å². The van der Waals surface area contributed by atoms with E-state index in [1.807, 2.05) is 55.5 Å². The van der Waals surface area contributed by atoms with Crippen molar-refractivity contribution in [3.05, 3.63) is 68.3 Å². The predicted molar refractivity (Wildman–Crippen MR) is 86.5 cm³/mol. The molecule has 0 radical (unpaired) electrons. The van der Waals surface area contributed by atoms with Gasteiger partial charge in [0.05, 0.1) is 6.04 Å². The van der Waals surface area contributed by atoms with E-state index < -0.39 is 0 Å². The van der Waals surface area contributed by atoms with Crippen LogP contribution in [0.3, 0.4) is 0 Å². The van der Waals surface area contributed by atoms with Crippen LogP contribution in [0, 0.1) is 3.57 Å². The fraction of sp³-hybridized carbons (Fsp3) is 0.133. The minimum Gasteiger partial charge on any atom is -0.346 e. The summed E-state index contributed by atoms with van der Waals surface area (Å²) in [5, 5.41) is 3.63. The fourth-order valence-corrected chi connectivity index (χ4v) is 2.30. The van der Waals surface area contributed by atoms with Crippen LogP contribution in [0.5, 0.6) is 0 Å². The second-order valence-corrected chi connectivity index (χ2v) is 5.94. The van der Waals surface area contributed by atoms with Gasteiger partial charge >= 0.3 is 0 Å². The zero-order valence-corrected chi connectivity index (χ0v) is 13.3. The van der Waals surface area contributed by atoms with E-state index in [2.05, 4.69) is 27.9 Å². The molecule has 1 atom stereocenters. The highest BCUT2D eigenvalue weighted by Crippen LogP contribution is 2.18. The monoisotopic (exact) mass is 385 g/mol. The first-order valence-corrected chi connectivity index (χ1v) is 7.34. The molecule has 98 valence electrons. The number of rotatable bonds is 3. The smallest absolute Gasteiger partial charge is 0.251 e. The van der Waals surface area contributed by atoms with E-state index in [-0.39, 0.29) is 11.9 Å². The molecule has 2 aromatic carbocycles. The number of nitrogens with one attached hydrogen (secondary N) is 1. The van der Waals surface area contributed by atoms with E-state index in [9.17, 15) is 4.79 Å². The van der Waals surface area contributed by atoms with Crippen molar-refractivity contribution in [2.24, 2.45) is 0 Å². The van der Waals surface area contributed by atoms with Gasteiger partial charge < -0.3 is 5.32 Å². The molecule has 2 nitrogen and oxygen atoms in total. The summed E-state index contributed by atoms with van der Waals surface area (Å²) in [6.45, 7) is 1.94. The fourth-order valence-electron chi connectivity index (χ4n) is 1.74. The Balaban J connectivity index is 2.08. The summed E-state index contributed by atoms with van der Waals surface area (Å²) >= 11 is 8.16. The van der Waals surface area contributed by atoms with E-state index in [1.165, 1.54) is 0 Å². The highest BCUT2D eigenvalue weighted by molar-refractivity contribution is 14.1. The van der Waals surface area contributed by atoms with Crippen molar-refractivity contribution in [3.8, 4) is 0 Å². The quantitative estimate of drug-likeness (QED) is 0.778. The Labute approximate surface area is 131 Å². The molecule has 0 saturated carbocycles. The Bertz CT molecular complexity index is 583.